The molecule has 1 atom stereocenters. The first-order valence-corrected chi connectivity index (χ1v) is 11.2. The Morgan fingerprint density at radius 2 is 2.00 bits per heavy atom. The number of aryl methyl sites for hydroxylation is 2. The van der Waals surface area contributed by atoms with Gasteiger partial charge in [-0.3, -0.25) is 19.3 Å². The zero-order valence-electron chi connectivity index (χ0n) is 19.0. The van der Waals surface area contributed by atoms with Gasteiger partial charge in [-0.15, -0.1) is 0 Å². The molecule has 2 aromatic heterocycles. The average molecular weight is 411 g/mol. The topological polar surface area (TPSA) is 67.2 Å². The minimum atomic E-state index is 0.192. The van der Waals surface area contributed by atoms with E-state index in [0.29, 0.717) is 12.3 Å². The summed E-state index contributed by atoms with van der Waals surface area (Å²) < 4.78 is 1.93. The van der Waals surface area contributed by atoms with Gasteiger partial charge in [-0.2, -0.15) is 5.10 Å². The summed E-state index contributed by atoms with van der Waals surface area (Å²) >= 11 is 0. The first-order chi connectivity index (χ1) is 14.3. The number of hydrogen-bond acceptors (Lipinski definition) is 5. The van der Waals surface area contributed by atoms with Crippen molar-refractivity contribution in [3.63, 3.8) is 0 Å². The Kier molecular flexibility index (Phi) is 5.91. The van der Waals surface area contributed by atoms with Gasteiger partial charge < -0.3 is 0 Å². The maximum Gasteiger partial charge on any atom is 0.228 e. The molecule has 1 amide bonds. The van der Waals surface area contributed by atoms with Crippen LogP contribution in [-0.4, -0.2) is 43.6 Å². The van der Waals surface area contributed by atoms with Crippen molar-refractivity contribution in [1.82, 2.24) is 24.6 Å². The third-order valence-corrected chi connectivity index (χ3v) is 6.66. The molecule has 1 fully saturated rings. The van der Waals surface area contributed by atoms with E-state index < -0.39 is 0 Å². The molecule has 0 saturated carbocycles. The molecule has 7 nitrogen and oxygen atoms in total. The first-order valence-electron chi connectivity index (χ1n) is 11.2. The number of carbonyl (C=O) groups is 1. The number of anilines is 1. The maximum absolute atomic E-state index is 12.7. The second kappa shape index (κ2) is 8.46. The number of rotatable bonds is 6. The Balaban J connectivity index is 1.63. The van der Waals surface area contributed by atoms with E-state index in [0.717, 1.165) is 68.2 Å². The molecular formula is C23H34N6O. The number of aromatic nitrogens is 4. The highest BCUT2D eigenvalue weighted by atomic mass is 16.2. The summed E-state index contributed by atoms with van der Waals surface area (Å²) in [6, 6.07) is 0.192. The number of likely N-dealkylation sites (tertiary alicyclic amines) is 1. The van der Waals surface area contributed by atoms with E-state index in [2.05, 4.69) is 37.7 Å². The van der Waals surface area contributed by atoms with E-state index in [1.165, 1.54) is 11.3 Å². The van der Waals surface area contributed by atoms with Crippen LogP contribution in [0.15, 0.2) is 6.20 Å². The largest absolute Gasteiger partial charge is 0.296 e. The van der Waals surface area contributed by atoms with Crippen molar-refractivity contribution in [3.05, 3.63) is 34.5 Å². The number of carbonyl (C=O) groups excluding carboxylic acids is 1. The Bertz CT molecular complexity index is 934. The zero-order chi connectivity index (χ0) is 21.4. The predicted octanol–water partition coefficient (Wildman–Crippen LogP) is 3.49. The van der Waals surface area contributed by atoms with E-state index in [4.69, 9.17) is 9.97 Å². The molecular weight excluding hydrogens is 376 g/mol. The summed E-state index contributed by atoms with van der Waals surface area (Å²) in [6.07, 6.45) is 6.46. The number of hydrogen-bond donors (Lipinski definition) is 0. The van der Waals surface area contributed by atoms with Crippen LogP contribution in [0, 0.1) is 19.8 Å². The standard InChI is InChI=1S/C23H34N6O/c1-15(2)10-12-29-21(30)9-8-19-16(3)25-22(26-23(19)29)20-7-6-11-28(20)14-18-13-24-27(5)17(18)4/h13,15,20H,6-12,14H2,1-5H3/t20-/m1/s1. The fraction of sp³-hybridized carbons (Fsp3) is 0.652. The van der Waals surface area contributed by atoms with Crippen molar-refractivity contribution < 1.29 is 4.79 Å². The highest BCUT2D eigenvalue weighted by Crippen LogP contribution is 2.35. The fourth-order valence-electron chi connectivity index (χ4n) is 4.60. The lowest BCUT2D eigenvalue weighted by Crippen LogP contribution is -2.38. The monoisotopic (exact) mass is 410 g/mol. The van der Waals surface area contributed by atoms with Crippen molar-refractivity contribution >= 4 is 11.7 Å². The lowest BCUT2D eigenvalue weighted by Gasteiger charge is -2.31. The lowest BCUT2D eigenvalue weighted by atomic mass is 10.0. The van der Waals surface area contributed by atoms with Gasteiger partial charge in [-0.05, 0) is 52.0 Å². The van der Waals surface area contributed by atoms with Crippen molar-refractivity contribution in [2.45, 2.75) is 72.4 Å². The van der Waals surface area contributed by atoms with E-state index in [9.17, 15) is 4.79 Å². The molecule has 0 aliphatic carbocycles. The Morgan fingerprint density at radius 1 is 1.20 bits per heavy atom. The van der Waals surface area contributed by atoms with Gasteiger partial charge in [0.25, 0.3) is 0 Å². The van der Waals surface area contributed by atoms with Crippen molar-refractivity contribution in [2.24, 2.45) is 13.0 Å². The van der Waals surface area contributed by atoms with Crippen LogP contribution in [0.3, 0.4) is 0 Å². The molecule has 7 heteroatoms. The molecule has 30 heavy (non-hydrogen) atoms. The lowest BCUT2D eigenvalue weighted by molar-refractivity contribution is -0.119. The van der Waals surface area contributed by atoms with Crippen molar-refractivity contribution in [3.8, 4) is 0 Å². The van der Waals surface area contributed by atoms with Crippen LogP contribution in [0.25, 0.3) is 0 Å². The molecule has 1 saturated heterocycles. The van der Waals surface area contributed by atoms with E-state index >= 15 is 0 Å². The third kappa shape index (κ3) is 4.00. The van der Waals surface area contributed by atoms with Crippen molar-refractivity contribution in [1.29, 1.82) is 0 Å². The molecule has 4 heterocycles. The summed E-state index contributed by atoms with van der Waals surface area (Å²) in [5.74, 6) is 2.48. The van der Waals surface area contributed by atoms with E-state index in [-0.39, 0.29) is 11.9 Å². The van der Waals surface area contributed by atoms with Crippen LogP contribution < -0.4 is 4.90 Å². The van der Waals surface area contributed by atoms with Crippen LogP contribution in [0.1, 0.15) is 73.9 Å². The second-order valence-electron chi connectivity index (χ2n) is 9.20. The average Bonchev–Trinajstić information content (AvgIpc) is 3.29. The Hall–Kier alpha value is -2.28. The number of amides is 1. The van der Waals surface area contributed by atoms with Gasteiger partial charge >= 0.3 is 0 Å². The summed E-state index contributed by atoms with van der Waals surface area (Å²) in [5, 5.41) is 4.40. The van der Waals surface area contributed by atoms with Gasteiger partial charge in [-0.25, -0.2) is 9.97 Å². The van der Waals surface area contributed by atoms with Crippen molar-refractivity contribution in [2.75, 3.05) is 18.0 Å². The smallest absolute Gasteiger partial charge is 0.228 e. The molecule has 2 aliphatic rings. The van der Waals surface area contributed by atoms with Gasteiger partial charge in [0.05, 0.1) is 12.2 Å². The maximum atomic E-state index is 12.7. The number of nitrogens with zero attached hydrogens (tertiary/aromatic N) is 6. The van der Waals surface area contributed by atoms with Crippen LogP contribution in [0.4, 0.5) is 5.82 Å². The SMILES string of the molecule is Cc1nc([C@H]2CCCN2Cc2cnn(C)c2C)nc2c1CCC(=O)N2CCC(C)C. The van der Waals surface area contributed by atoms with Gasteiger partial charge in [0, 0.05) is 49.1 Å². The predicted molar refractivity (Wildman–Crippen MR) is 117 cm³/mol. The summed E-state index contributed by atoms with van der Waals surface area (Å²) in [7, 11) is 1.99. The first kappa shape index (κ1) is 21.0. The summed E-state index contributed by atoms with van der Waals surface area (Å²) in [6.45, 7) is 11.2. The van der Waals surface area contributed by atoms with Gasteiger partial charge in [0.15, 0.2) is 0 Å². The molecule has 0 spiro atoms. The molecule has 0 unspecified atom stereocenters. The third-order valence-electron chi connectivity index (χ3n) is 6.66. The molecule has 2 aromatic rings. The Morgan fingerprint density at radius 3 is 2.70 bits per heavy atom. The second-order valence-corrected chi connectivity index (χ2v) is 9.20. The number of fused-ring (bicyclic) bond motifs is 1. The molecule has 0 aromatic carbocycles. The van der Waals surface area contributed by atoms with Gasteiger partial charge in [0.1, 0.15) is 11.6 Å². The molecule has 2 aliphatic heterocycles. The molecule has 0 bridgehead atoms. The van der Waals surface area contributed by atoms with Crippen LogP contribution >= 0.6 is 0 Å². The fourth-order valence-corrected chi connectivity index (χ4v) is 4.60. The van der Waals surface area contributed by atoms with Crippen LogP contribution in [-0.2, 0) is 24.8 Å². The van der Waals surface area contributed by atoms with Gasteiger partial charge in [0.2, 0.25) is 5.91 Å². The van der Waals surface area contributed by atoms with E-state index in [1.807, 2.05) is 22.8 Å². The minimum absolute atomic E-state index is 0.192. The van der Waals surface area contributed by atoms with Crippen LogP contribution in [0.5, 0.6) is 0 Å². The highest BCUT2D eigenvalue weighted by Gasteiger charge is 2.33. The van der Waals surface area contributed by atoms with E-state index in [1.54, 1.807) is 0 Å². The molecule has 162 valence electrons. The molecule has 0 radical (unpaired) electrons. The quantitative estimate of drug-likeness (QED) is 0.729. The molecule has 4 rings (SSSR count). The van der Waals surface area contributed by atoms with Gasteiger partial charge in [-0.1, -0.05) is 13.8 Å². The van der Waals surface area contributed by atoms with Crippen LogP contribution in [0.2, 0.25) is 0 Å². The molecule has 0 N–H and O–H groups in total. The normalized spacial score (nSPS) is 19.7. The summed E-state index contributed by atoms with van der Waals surface area (Å²) in [5.41, 5.74) is 4.64. The zero-order valence-corrected chi connectivity index (χ0v) is 19.0. The summed E-state index contributed by atoms with van der Waals surface area (Å²) in [4.78, 5) is 27.0. The highest BCUT2D eigenvalue weighted by molar-refractivity contribution is 5.95. The minimum Gasteiger partial charge on any atom is -0.296 e. The Labute approximate surface area is 179 Å².